The van der Waals surface area contributed by atoms with Gasteiger partial charge in [0.25, 0.3) is 0 Å². The lowest BCUT2D eigenvalue weighted by molar-refractivity contribution is -0.143. The van der Waals surface area contributed by atoms with Crippen molar-refractivity contribution in [3.05, 3.63) is 53.9 Å². The van der Waals surface area contributed by atoms with Gasteiger partial charge < -0.3 is 10.0 Å². The second kappa shape index (κ2) is 8.45. The van der Waals surface area contributed by atoms with Crippen LogP contribution in [0.1, 0.15) is 43.2 Å². The highest BCUT2D eigenvalue weighted by molar-refractivity contribution is 5.76. The van der Waals surface area contributed by atoms with E-state index >= 15 is 0 Å². The van der Waals surface area contributed by atoms with Gasteiger partial charge in [-0.25, -0.2) is 0 Å². The van der Waals surface area contributed by atoms with Crippen LogP contribution < -0.4 is 0 Å². The Bertz CT molecular complexity index is 758. The molecule has 3 heterocycles. The van der Waals surface area contributed by atoms with Crippen molar-refractivity contribution in [1.29, 1.82) is 0 Å². The molecule has 0 unspecified atom stereocenters. The van der Waals surface area contributed by atoms with E-state index in [4.69, 9.17) is 0 Å². The molecular weight excluding hydrogens is 352 g/mol. The molecule has 2 aromatic rings. The van der Waals surface area contributed by atoms with E-state index < -0.39 is 5.60 Å². The minimum atomic E-state index is -0.890. The second-order valence-electron chi connectivity index (χ2n) is 8.10. The van der Waals surface area contributed by atoms with E-state index in [0.717, 1.165) is 37.1 Å². The Morgan fingerprint density at radius 3 is 2.71 bits per heavy atom. The standard InChI is InChI=1S/C22H30N4O2/c27-21(10-6-7-18-15-23-24-16-18)26-14-11-22(28,19-8-2-1-3-9-19)20(17-26)25-12-4-5-13-25/h1-3,8-9,15-16,20,28H,4-7,10-14,17H2,(H,23,24)/t20-,22+/m1/s1. The van der Waals surface area contributed by atoms with E-state index in [1.54, 1.807) is 0 Å². The predicted octanol–water partition coefficient (Wildman–Crippen LogP) is 2.32. The molecule has 6 heteroatoms. The van der Waals surface area contributed by atoms with Gasteiger partial charge in [0.05, 0.1) is 12.2 Å². The molecule has 0 radical (unpaired) electrons. The molecule has 2 N–H and O–H groups in total. The molecule has 4 rings (SSSR count). The summed E-state index contributed by atoms with van der Waals surface area (Å²) in [5.41, 5.74) is 1.22. The number of carbonyl (C=O) groups excluding carboxylic acids is 1. The second-order valence-corrected chi connectivity index (χ2v) is 8.10. The molecule has 2 fully saturated rings. The number of aromatic nitrogens is 2. The van der Waals surface area contributed by atoms with Gasteiger partial charge in [0.1, 0.15) is 5.60 Å². The Labute approximate surface area is 166 Å². The summed E-state index contributed by atoms with van der Waals surface area (Å²) in [6.07, 6.45) is 8.85. The van der Waals surface area contributed by atoms with Gasteiger partial charge >= 0.3 is 0 Å². The number of aliphatic hydroxyl groups is 1. The van der Waals surface area contributed by atoms with Gasteiger partial charge in [-0.1, -0.05) is 30.3 Å². The number of hydrogen-bond acceptors (Lipinski definition) is 4. The van der Waals surface area contributed by atoms with E-state index in [-0.39, 0.29) is 11.9 Å². The van der Waals surface area contributed by atoms with Crippen molar-refractivity contribution < 1.29 is 9.90 Å². The van der Waals surface area contributed by atoms with Crippen LogP contribution in [-0.4, -0.2) is 63.2 Å². The Kier molecular flexibility index (Phi) is 5.78. The fourth-order valence-electron chi connectivity index (χ4n) is 4.70. The van der Waals surface area contributed by atoms with Crippen LogP contribution in [-0.2, 0) is 16.8 Å². The molecule has 2 aliphatic rings. The zero-order valence-corrected chi connectivity index (χ0v) is 16.4. The van der Waals surface area contributed by atoms with Gasteiger partial charge in [0.2, 0.25) is 5.91 Å². The third-order valence-corrected chi connectivity index (χ3v) is 6.33. The lowest BCUT2D eigenvalue weighted by Crippen LogP contribution is -2.61. The van der Waals surface area contributed by atoms with Gasteiger partial charge in [-0.15, -0.1) is 0 Å². The maximum atomic E-state index is 12.8. The first-order valence-electron chi connectivity index (χ1n) is 10.4. The van der Waals surface area contributed by atoms with Gasteiger partial charge in [-0.2, -0.15) is 5.10 Å². The van der Waals surface area contributed by atoms with E-state index in [0.29, 0.717) is 25.9 Å². The van der Waals surface area contributed by atoms with Gasteiger partial charge in [-0.05, 0) is 56.3 Å². The number of carbonyl (C=O) groups is 1. The normalized spacial score (nSPS) is 25.9. The average Bonchev–Trinajstić information content (AvgIpc) is 3.43. The maximum Gasteiger partial charge on any atom is 0.222 e. The number of amides is 1. The number of rotatable bonds is 6. The number of nitrogens with one attached hydrogen (secondary N) is 1. The fourth-order valence-corrected chi connectivity index (χ4v) is 4.70. The van der Waals surface area contributed by atoms with Crippen LogP contribution in [0.5, 0.6) is 0 Å². The number of nitrogens with zero attached hydrogens (tertiary/aromatic N) is 3. The Hall–Kier alpha value is -2.18. The third-order valence-electron chi connectivity index (χ3n) is 6.33. The summed E-state index contributed by atoms with van der Waals surface area (Å²) in [6.45, 7) is 3.22. The van der Waals surface area contributed by atoms with E-state index in [1.807, 2.05) is 47.6 Å². The quantitative estimate of drug-likeness (QED) is 0.804. The third kappa shape index (κ3) is 3.98. The number of hydrogen-bond donors (Lipinski definition) is 2. The Morgan fingerprint density at radius 2 is 2.00 bits per heavy atom. The number of benzene rings is 1. The number of aromatic amines is 1. The van der Waals surface area contributed by atoms with E-state index in [2.05, 4.69) is 15.1 Å². The lowest BCUT2D eigenvalue weighted by Gasteiger charge is -2.48. The molecule has 2 saturated heterocycles. The first-order valence-corrected chi connectivity index (χ1v) is 10.4. The molecule has 2 aliphatic heterocycles. The first kappa shape index (κ1) is 19.2. The van der Waals surface area contributed by atoms with Crippen LogP contribution in [0.2, 0.25) is 0 Å². The predicted molar refractivity (Wildman–Crippen MR) is 108 cm³/mol. The van der Waals surface area contributed by atoms with Crippen molar-refractivity contribution in [3.63, 3.8) is 0 Å². The Balaban J connectivity index is 1.43. The molecular formula is C22H30N4O2. The van der Waals surface area contributed by atoms with Crippen LogP contribution in [0.25, 0.3) is 0 Å². The highest BCUT2D eigenvalue weighted by Gasteiger charge is 2.46. The Morgan fingerprint density at radius 1 is 1.21 bits per heavy atom. The van der Waals surface area contributed by atoms with Crippen LogP contribution >= 0.6 is 0 Å². The summed E-state index contributed by atoms with van der Waals surface area (Å²) in [4.78, 5) is 17.2. The smallest absolute Gasteiger partial charge is 0.222 e. The van der Waals surface area contributed by atoms with E-state index in [9.17, 15) is 9.90 Å². The van der Waals surface area contributed by atoms with Crippen molar-refractivity contribution >= 4 is 5.91 Å². The first-order chi connectivity index (χ1) is 13.7. The lowest BCUT2D eigenvalue weighted by atomic mass is 9.79. The summed E-state index contributed by atoms with van der Waals surface area (Å²) in [7, 11) is 0. The minimum Gasteiger partial charge on any atom is -0.383 e. The molecule has 2 atom stereocenters. The maximum absolute atomic E-state index is 12.8. The topological polar surface area (TPSA) is 72.5 Å². The van der Waals surface area contributed by atoms with Crippen LogP contribution in [0.4, 0.5) is 0 Å². The molecule has 1 amide bonds. The molecule has 0 saturated carbocycles. The van der Waals surface area contributed by atoms with Crippen molar-refractivity contribution in [2.24, 2.45) is 0 Å². The van der Waals surface area contributed by atoms with Gasteiger partial charge in [0.15, 0.2) is 0 Å². The van der Waals surface area contributed by atoms with Crippen LogP contribution in [0.15, 0.2) is 42.7 Å². The molecule has 1 aromatic carbocycles. The van der Waals surface area contributed by atoms with Crippen LogP contribution in [0, 0.1) is 0 Å². The molecule has 1 aromatic heterocycles. The molecule has 0 aliphatic carbocycles. The summed E-state index contributed by atoms with van der Waals surface area (Å²) in [5.74, 6) is 0.197. The molecule has 28 heavy (non-hydrogen) atoms. The van der Waals surface area contributed by atoms with Crippen LogP contribution in [0.3, 0.4) is 0 Å². The van der Waals surface area contributed by atoms with Crippen molar-refractivity contribution in [2.75, 3.05) is 26.2 Å². The van der Waals surface area contributed by atoms with Crippen molar-refractivity contribution in [2.45, 2.75) is 50.2 Å². The molecule has 0 spiro atoms. The minimum absolute atomic E-state index is 0.0380. The van der Waals surface area contributed by atoms with Gasteiger partial charge in [-0.3, -0.25) is 14.8 Å². The van der Waals surface area contributed by atoms with Crippen molar-refractivity contribution in [1.82, 2.24) is 20.0 Å². The number of piperidine rings is 1. The highest BCUT2D eigenvalue weighted by Crippen LogP contribution is 2.37. The molecule has 0 bridgehead atoms. The van der Waals surface area contributed by atoms with Gasteiger partial charge in [0, 0.05) is 25.7 Å². The zero-order chi connectivity index (χ0) is 19.4. The largest absolute Gasteiger partial charge is 0.383 e. The highest BCUT2D eigenvalue weighted by atomic mass is 16.3. The van der Waals surface area contributed by atoms with E-state index in [1.165, 1.54) is 12.8 Å². The summed E-state index contributed by atoms with van der Waals surface area (Å²) < 4.78 is 0. The summed E-state index contributed by atoms with van der Waals surface area (Å²) in [6, 6.07) is 9.96. The number of aryl methyl sites for hydroxylation is 1. The fraction of sp³-hybridized carbons (Fsp3) is 0.545. The SMILES string of the molecule is O=C(CCCc1cn[nH]c1)N1CC[C@](O)(c2ccccc2)[C@H](N2CCCC2)C1. The molecule has 6 nitrogen and oxygen atoms in total. The zero-order valence-electron chi connectivity index (χ0n) is 16.4. The summed E-state index contributed by atoms with van der Waals surface area (Å²) >= 11 is 0. The number of H-pyrrole nitrogens is 1. The summed E-state index contributed by atoms with van der Waals surface area (Å²) in [5, 5.41) is 18.4. The monoisotopic (exact) mass is 382 g/mol. The van der Waals surface area contributed by atoms with Crippen molar-refractivity contribution in [3.8, 4) is 0 Å². The molecule has 150 valence electrons. The average molecular weight is 383 g/mol. The number of likely N-dealkylation sites (tertiary alicyclic amines) is 2.